The highest BCUT2D eigenvalue weighted by Crippen LogP contribution is 2.22. The number of benzene rings is 1. The third-order valence-electron chi connectivity index (χ3n) is 3.26. The zero-order valence-corrected chi connectivity index (χ0v) is 14.3. The van der Waals surface area contributed by atoms with Crippen LogP contribution in [0.3, 0.4) is 0 Å². The van der Waals surface area contributed by atoms with E-state index in [1.807, 2.05) is 31.2 Å². The highest BCUT2D eigenvalue weighted by atomic mass is 32.2. The Balaban J connectivity index is 1.79. The maximum absolute atomic E-state index is 12.4. The summed E-state index contributed by atoms with van der Waals surface area (Å²) in [6.07, 6.45) is 0. The molecule has 0 atom stereocenters. The van der Waals surface area contributed by atoms with Gasteiger partial charge in [0.15, 0.2) is 0 Å². The van der Waals surface area contributed by atoms with Gasteiger partial charge >= 0.3 is 0 Å². The summed E-state index contributed by atoms with van der Waals surface area (Å²) in [6, 6.07) is 11.0. The number of nitrogens with zero attached hydrogens (tertiary/aromatic N) is 3. The van der Waals surface area contributed by atoms with Crippen LogP contribution in [0.15, 0.2) is 50.5 Å². The molecule has 0 saturated heterocycles. The number of thiophene rings is 1. The van der Waals surface area contributed by atoms with E-state index in [1.165, 1.54) is 22.7 Å². The van der Waals surface area contributed by atoms with Crippen LogP contribution in [0.2, 0.25) is 0 Å². The molecule has 2 heterocycles. The molecule has 0 amide bonds. The van der Waals surface area contributed by atoms with Crippen LogP contribution in [0.25, 0.3) is 11.4 Å². The lowest BCUT2D eigenvalue weighted by molar-refractivity contribution is 0.337. The van der Waals surface area contributed by atoms with Crippen molar-refractivity contribution in [3.63, 3.8) is 0 Å². The zero-order chi connectivity index (χ0) is 16.4. The van der Waals surface area contributed by atoms with E-state index in [4.69, 9.17) is 4.52 Å². The molecule has 2 aromatic heterocycles. The molecular weight excluding hydrogens is 334 g/mol. The van der Waals surface area contributed by atoms with Crippen LogP contribution in [0.4, 0.5) is 0 Å². The maximum atomic E-state index is 12.4. The molecule has 0 spiro atoms. The Kier molecular flexibility index (Phi) is 4.29. The summed E-state index contributed by atoms with van der Waals surface area (Å²) < 4.78 is 31.4. The van der Waals surface area contributed by atoms with Crippen molar-refractivity contribution in [1.82, 2.24) is 14.4 Å². The summed E-state index contributed by atoms with van der Waals surface area (Å²) in [5.41, 5.74) is 1.93. The molecule has 3 aromatic rings. The normalized spacial score (nSPS) is 12.0. The van der Waals surface area contributed by atoms with Crippen molar-refractivity contribution in [2.45, 2.75) is 17.7 Å². The summed E-state index contributed by atoms with van der Waals surface area (Å²) >= 11 is 1.18. The van der Waals surface area contributed by atoms with Crippen LogP contribution in [-0.4, -0.2) is 29.9 Å². The molecule has 0 aliphatic rings. The lowest BCUT2D eigenvalue weighted by atomic mass is 10.1. The van der Waals surface area contributed by atoms with Gasteiger partial charge in [0.25, 0.3) is 10.0 Å². The fourth-order valence-electron chi connectivity index (χ4n) is 2.06. The standard InChI is InChI=1S/C15H15N3O3S2/c1-11-5-3-6-12(9-11)15-16-13(21-17-15)10-18(2)23(19,20)14-7-4-8-22-14/h3-9H,10H2,1-2H3. The molecule has 6 nitrogen and oxygen atoms in total. The Morgan fingerprint density at radius 1 is 1.26 bits per heavy atom. The smallest absolute Gasteiger partial charge is 0.252 e. The molecule has 0 bridgehead atoms. The van der Waals surface area contributed by atoms with Gasteiger partial charge in [0.05, 0.1) is 6.54 Å². The van der Waals surface area contributed by atoms with E-state index < -0.39 is 10.0 Å². The Morgan fingerprint density at radius 3 is 2.78 bits per heavy atom. The minimum Gasteiger partial charge on any atom is -0.338 e. The average molecular weight is 349 g/mol. The molecule has 23 heavy (non-hydrogen) atoms. The van der Waals surface area contributed by atoms with Crippen LogP contribution in [0.5, 0.6) is 0 Å². The van der Waals surface area contributed by atoms with Crippen molar-refractivity contribution >= 4 is 21.4 Å². The zero-order valence-electron chi connectivity index (χ0n) is 12.6. The number of rotatable bonds is 5. The van der Waals surface area contributed by atoms with E-state index in [1.54, 1.807) is 17.5 Å². The van der Waals surface area contributed by atoms with Gasteiger partial charge in [-0.1, -0.05) is 35.0 Å². The van der Waals surface area contributed by atoms with Gasteiger partial charge < -0.3 is 4.52 Å². The molecule has 1 aromatic carbocycles. The first kappa shape index (κ1) is 15.9. The molecule has 3 rings (SSSR count). The first-order valence-electron chi connectivity index (χ1n) is 6.86. The summed E-state index contributed by atoms with van der Waals surface area (Å²) in [4.78, 5) is 4.28. The molecule has 0 aliphatic heterocycles. The largest absolute Gasteiger partial charge is 0.338 e. The Bertz CT molecular complexity index is 902. The second-order valence-electron chi connectivity index (χ2n) is 5.07. The van der Waals surface area contributed by atoms with E-state index >= 15 is 0 Å². The highest BCUT2D eigenvalue weighted by molar-refractivity contribution is 7.91. The Morgan fingerprint density at radius 2 is 2.09 bits per heavy atom. The van der Waals surface area contributed by atoms with Gasteiger partial charge in [0.1, 0.15) is 4.21 Å². The Hall–Kier alpha value is -2.03. The summed E-state index contributed by atoms with van der Waals surface area (Å²) in [6.45, 7) is 2.00. The summed E-state index contributed by atoms with van der Waals surface area (Å²) in [5, 5.41) is 5.65. The number of hydrogen-bond donors (Lipinski definition) is 0. The average Bonchev–Trinajstić information content (AvgIpc) is 3.19. The predicted molar refractivity (Wildman–Crippen MR) is 87.4 cm³/mol. The highest BCUT2D eigenvalue weighted by Gasteiger charge is 2.24. The van der Waals surface area contributed by atoms with E-state index in [0.717, 1.165) is 11.1 Å². The van der Waals surface area contributed by atoms with Gasteiger partial charge in [-0.25, -0.2) is 8.42 Å². The third kappa shape index (κ3) is 3.34. The van der Waals surface area contributed by atoms with E-state index in [0.29, 0.717) is 10.0 Å². The molecule has 0 fully saturated rings. The van der Waals surface area contributed by atoms with Crippen molar-refractivity contribution in [2.24, 2.45) is 0 Å². The lowest BCUT2D eigenvalue weighted by Gasteiger charge is -2.13. The SMILES string of the molecule is Cc1cccc(-c2noc(CN(C)S(=O)(=O)c3cccs3)n2)c1. The van der Waals surface area contributed by atoms with Gasteiger partial charge in [-0.15, -0.1) is 11.3 Å². The summed E-state index contributed by atoms with van der Waals surface area (Å²) in [5.74, 6) is 0.703. The lowest BCUT2D eigenvalue weighted by Crippen LogP contribution is -2.25. The van der Waals surface area contributed by atoms with Crippen molar-refractivity contribution in [2.75, 3.05) is 7.05 Å². The predicted octanol–water partition coefficient (Wildman–Crippen LogP) is 2.93. The third-order valence-corrected chi connectivity index (χ3v) is 6.44. The molecule has 0 radical (unpaired) electrons. The molecular formula is C15H15N3O3S2. The monoisotopic (exact) mass is 349 g/mol. The fourth-order valence-corrected chi connectivity index (χ4v) is 4.38. The second-order valence-corrected chi connectivity index (χ2v) is 8.29. The first-order valence-corrected chi connectivity index (χ1v) is 9.18. The minimum absolute atomic E-state index is 0.0268. The quantitative estimate of drug-likeness (QED) is 0.708. The first-order chi connectivity index (χ1) is 11.0. The fraction of sp³-hybridized carbons (Fsp3) is 0.200. The molecule has 0 unspecified atom stereocenters. The molecule has 120 valence electrons. The van der Waals surface area contributed by atoms with Crippen molar-refractivity contribution in [3.05, 3.63) is 53.2 Å². The maximum Gasteiger partial charge on any atom is 0.252 e. The molecule has 0 aliphatic carbocycles. The second kappa shape index (κ2) is 6.23. The molecule has 0 N–H and O–H groups in total. The molecule has 0 saturated carbocycles. The van der Waals surface area contributed by atoms with Gasteiger partial charge in [-0.3, -0.25) is 0 Å². The van der Waals surface area contributed by atoms with Crippen molar-refractivity contribution in [3.8, 4) is 11.4 Å². The van der Waals surface area contributed by atoms with Gasteiger partial charge in [-0.2, -0.15) is 9.29 Å². The van der Waals surface area contributed by atoms with E-state index in [9.17, 15) is 8.42 Å². The topological polar surface area (TPSA) is 76.3 Å². The number of hydrogen-bond acceptors (Lipinski definition) is 6. The van der Waals surface area contributed by atoms with Crippen LogP contribution < -0.4 is 0 Å². The van der Waals surface area contributed by atoms with Crippen LogP contribution in [0.1, 0.15) is 11.5 Å². The number of aryl methyl sites for hydroxylation is 1. The molecule has 8 heteroatoms. The van der Waals surface area contributed by atoms with Crippen LogP contribution in [0, 0.1) is 6.92 Å². The van der Waals surface area contributed by atoms with Gasteiger partial charge in [0, 0.05) is 12.6 Å². The Labute approximate surface area is 138 Å². The number of sulfonamides is 1. The van der Waals surface area contributed by atoms with Gasteiger partial charge in [-0.05, 0) is 24.4 Å². The number of aromatic nitrogens is 2. The van der Waals surface area contributed by atoms with Crippen molar-refractivity contribution in [1.29, 1.82) is 0 Å². The van der Waals surface area contributed by atoms with Crippen molar-refractivity contribution < 1.29 is 12.9 Å². The summed E-state index contributed by atoms with van der Waals surface area (Å²) in [7, 11) is -2.04. The van der Waals surface area contributed by atoms with E-state index in [2.05, 4.69) is 10.1 Å². The van der Waals surface area contributed by atoms with Crippen LogP contribution >= 0.6 is 11.3 Å². The van der Waals surface area contributed by atoms with Crippen LogP contribution in [-0.2, 0) is 16.6 Å². The van der Waals surface area contributed by atoms with E-state index in [-0.39, 0.29) is 12.4 Å². The minimum atomic E-state index is -3.53. The van der Waals surface area contributed by atoms with Gasteiger partial charge in [0.2, 0.25) is 11.7 Å².